The van der Waals surface area contributed by atoms with Crippen LogP contribution in [-0.2, 0) is 14.3 Å². The normalized spacial score (nSPS) is 23.4. The Kier molecular flexibility index (Phi) is 5.84. The Labute approximate surface area is 103 Å². The van der Waals surface area contributed by atoms with Crippen molar-refractivity contribution in [3.63, 3.8) is 0 Å². The standard InChI is InChI=1S/C14H20O3/c1-3-4-5-6-7-8-9-10-12(16)14-13(17-14)11(2)15/h4-5,8-9,13-14H,3,6-7,10H2,1-2H3/b5-4+,9-8+. The Morgan fingerprint density at radius 1 is 1.06 bits per heavy atom. The van der Waals surface area contributed by atoms with E-state index in [1.807, 2.05) is 12.2 Å². The molecule has 0 aliphatic carbocycles. The number of carbonyl (C=O) groups excluding carboxylic acids is 2. The summed E-state index contributed by atoms with van der Waals surface area (Å²) in [7, 11) is 0. The molecule has 94 valence electrons. The summed E-state index contributed by atoms with van der Waals surface area (Å²) in [5, 5.41) is 0. The van der Waals surface area contributed by atoms with Crippen LogP contribution in [0.25, 0.3) is 0 Å². The molecule has 3 nitrogen and oxygen atoms in total. The van der Waals surface area contributed by atoms with E-state index < -0.39 is 12.2 Å². The van der Waals surface area contributed by atoms with Crippen LogP contribution >= 0.6 is 0 Å². The fourth-order valence-corrected chi connectivity index (χ4v) is 1.58. The number of allylic oxidation sites excluding steroid dienone is 4. The van der Waals surface area contributed by atoms with Crippen molar-refractivity contribution >= 4 is 11.6 Å². The first-order valence-electron chi connectivity index (χ1n) is 6.15. The van der Waals surface area contributed by atoms with Gasteiger partial charge in [-0.2, -0.15) is 0 Å². The molecule has 17 heavy (non-hydrogen) atoms. The topological polar surface area (TPSA) is 46.7 Å². The number of ether oxygens (including phenoxy) is 1. The molecule has 2 atom stereocenters. The lowest BCUT2D eigenvalue weighted by Crippen LogP contribution is -2.13. The second-order valence-electron chi connectivity index (χ2n) is 4.19. The highest BCUT2D eigenvalue weighted by atomic mass is 16.6. The predicted octanol–water partition coefficient (Wildman–Crippen LogP) is 2.60. The van der Waals surface area contributed by atoms with E-state index in [9.17, 15) is 9.59 Å². The number of Topliss-reactive ketones (excluding diaryl/α,β-unsaturated/α-hetero) is 2. The smallest absolute Gasteiger partial charge is 0.168 e. The number of rotatable bonds is 8. The molecule has 2 unspecified atom stereocenters. The second-order valence-corrected chi connectivity index (χ2v) is 4.19. The molecule has 0 bridgehead atoms. The van der Waals surface area contributed by atoms with Crippen LogP contribution in [0.15, 0.2) is 24.3 Å². The number of hydrogen-bond donors (Lipinski definition) is 0. The maximum absolute atomic E-state index is 11.5. The minimum atomic E-state index is -0.475. The summed E-state index contributed by atoms with van der Waals surface area (Å²) in [6.45, 7) is 3.56. The lowest BCUT2D eigenvalue weighted by atomic mass is 10.1. The van der Waals surface area contributed by atoms with E-state index in [1.165, 1.54) is 6.92 Å². The summed E-state index contributed by atoms with van der Waals surface area (Å²) in [6.07, 6.45) is 10.6. The average molecular weight is 236 g/mol. The van der Waals surface area contributed by atoms with Crippen molar-refractivity contribution in [2.24, 2.45) is 0 Å². The number of unbranched alkanes of at least 4 members (excludes halogenated alkanes) is 1. The zero-order chi connectivity index (χ0) is 12.7. The molecule has 1 saturated heterocycles. The van der Waals surface area contributed by atoms with Crippen LogP contribution in [-0.4, -0.2) is 23.8 Å². The Morgan fingerprint density at radius 2 is 1.71 bits per heavy atom. The molecule has 1 heterocycles. The van der Waals surface area contributed by atoms with Gasteiger partial charge in [-0.05, 0) is 26.2 Å². The third-order valence-corrected chi connectivity index (χ3v) is 2.60. The molecule has 0 spiro atoms. The van der Waals surface area contributed by atoms with Crippen LogP contribution in [0.3, 0.4) is 0 Å². The second kappa shape index (κ2) is 7.17. The first-order chi connectivity index (χ1) is 8.16. The van der Waals surface area contributed by atoms with Crippen molar-refractivity contribution in [3.8, 4) is 0 Å². The molecule has 0 aromatic rings. The van der Waals surface area contributed by atoms with E-state index in [-0.39, 0.29) is 11.6 Å². The van der Waals surface area contributed by atoms with Gasteiger partial charge in [-0.1, -0.05) is 31.2 Å². The van der Waals surface area contributed by atoms with Crippen LogP contribution in [0.5, 0.6) is 0 Å². The minimum absolute atomic E-state index is 0.00514. The maximum Gasteiger partial charge on any atom is 0.168 e. The molecule has 0 radical (unpaired) electrons. The number of epoxide rings is 1. The van der Waals surface area contributed by atoms with Crippen LogP contribution in [0.4, 0.5) is 0 Å². The van der Waals surface area contributed by atoms with Crippen LogP contribution in [0.2, 0.25) is 0 Å². The lowest BCUT2D eigenvalue weighted by molar-refractivity contribution is -0.120. The van der Waals surface area contributed by atoms with Crippen LogP contribution in [0.1, 0.15) is 39.5 Å². The average Bonchev–Trinajstić information content (AvgIpc) is 3.07. The van der Waals surface area contributed by atoms with Crippen molar-refractivity contribution in [2.45, 2.75) is 51.7 Å². The van der Waals surface area contributed by atoms with Gasteiger partial charge in [0.2, 0.25) is 0 Å². The first-order valence-corrected chi connectivity index (χ1v) is 6.15. The highest BCUT2D eigenvalue weighted by Gasteiger charge is 2.47. The Balaban J connectivity index is 2.10. The van der Waals surface area contributed by atoms with Gasteiger partial charge in [0.05, 0.1) is 0 Å². The van der Waals surface area contributed by atoms with E-state index in [0.29, 0.717) is 6.42 Å². The van der Waals surface area contributed by atoms with E-state index in [2.05, 4.69) is 19.1 Å². The fraction of sp³-hybridized carbons (Fsp3) is 0.571. The quantitative estimate of drug-likeness (QED) is 0.370. The fourth-order valence-electron chi connectivity index (χ4n) is 1.58. The molecule has 0 amide bonds. The third kappa shape index (κ3) is 5.09. The van der Waals surface area contributed by atoms with Gasteiger partial charge in [-0.3, -0.25) is 9.59 Å². The lowest BCUT2D eigenvalue weighted by Gasteiger charge is -1.90. The molecule has 0 saturated carbocycles. The van der Waals surface area contributed by atoms with Gasteiger partial charge in [-0.15, -0.1) is 0 Å². The Hall–Kier alpha value is -1.22. The van der Waals surface area contributed by atoms with Gasteiger partial charge in [0.15, 0.2) is 17.7 Å². The molecule has 1 rings (SSSR count). The Bertz CT molecular complexity index is 328. The molecule has 3 heteroatoms. The monoisotopic (exact) mass is 236 g/mol. The van der Waals surface area contributed by atoms with Crippen LogP contribution < -0.4 is 0 Å². The minimum Gasteiger partial charge on any atom is -0.353 e. The third-order valence-electron chi connectivity index (χ3n) is 2.60. The highest BCUT2D eigenvalue weighted by molar-refractivity contribution is 5.96. The summed E-state index contributed by atoms with van der Waals surface area (Å²) in [6, 6.07) is 0. The summed E-state index contributed by atoms with van der Waals surface area (Å²) in [4.78, 5) is 22.4. The van der Waals surface area contributed by atoms with Crippen molar-refractivity contribution in [1.82, 2.24) is 0 Å². The maximum atomic E-state index is 11.5. The SMILES string of the molecule is CC/C=C/CC/C=C/CC(=O)C1OC1C(C)=O. The van der Waals surface area contributed by atoms with E-state index >= 15 is 0 Å². The van der Waals surface area contributed by atoms with Crippen molar-refractivity contribution in [3.05, 3.63) is 24.3 Å². The number of ketones is 2. The summed E-state index contributed by atoms with van der Waals surface area (Å²) >= 11 is 0. The molecular weight excluding hydrogens is 216 g/mol. The van der Waals surface area contributed by atoms with Gasteiger partial charge in [0, 0.05) is 6.42 Å². The molecule has 0 N–H and O–H groups in total. The van der Waals surface area contributed by atoms with Crippen molar-refractivity contribution in [1.29, 1.82) is 0 Å². The first kappa shape index (κ1) is 13.8. The molecule has 0 aromatic carbocycles. The van der Waals surface area contributed by atoms with E-state index in [0.717, 1.165) is 19.3 Å². The van der Waals surface area contributed by atoms with Crippen molar-refractivity contribution < 1.29 is 14.3 Å². The van der Waals surface area contributed by atoms with Gasteiger partial charge < -0.3 is 4.74 Å². The largest absolute Gasteiger partial charge is 0.353 e. The van der Waals surface area contributed by atoms with Crippen molar-refractivity contribution in [2.75, 3.05) is 0 Å². The predicted molar refractivity (Wildman–Crippen MR) is 66.8 cm³/mol. The van der Waals surface area contributed by atoms with Crippen LogP contribution in [0, 0.1) is 0 Å². The number of carbonyl (C=O) groups is 2. The molecule has 1 fully saturated rings. The molecular formula is C14H20O3. The molecule has 1 aliphatic heterocycles. The summed E-state index contributed by atoms with van der Waals surface area (Å²) in [5.41, 5.74) is 0. The van der Waals surface area contributed by atoms with E-state index in [4.69, 9.17) is 4.74 Å². The molecule has 0 aromatic heterocycles. The van der Waals surface area contributed by atoms with Gasteiger partial charge in [0.1, 0.15) is 6.10 Å². The zero-order valence-corrected chi connectivity index (χ0v) is 10.5. The van der Waals surface area contributed by atoms with Gasteiger partial charge in [-0.25, -0.2) is 0 Å². The summed E-state index contributed by atoms with van der Waals surface area (Å²) < 4.78 is 5.01. The number of hydrogen-bond acceptors (Lipinski definition) is 3. The van der Waals surface area contributed by atoms with Gasteiger partial charge in [0.25, 0.3) is 0 Å². The molecule has 1 aliphatic rings. The zero-order valence-electron chi connectivity index (χ0n) is 10.5. The van der Waals surface area contributed by atoms with Gasteiger partial charge >= 0.3 is 0 Å². The summed E-state index contributed by atoms with van der Waals surface area (Å²) in [5.74, 6) is -0.0532. The highest BCUT2D eigenvalue weighted by Crippen LogP contribution is 2.24. The Morgan fingerprint density at radius 3 is 2.24 bits per heavy atom. The van der Waals surface area contributed by atoms with E-state index in [1.54, 1.807) is 0 Å².